The first-order chi connectivity index (χ1) is 7.58. The summed E-state index contributed by atoms with van der Waals surface area (Å²) in [4.78, 5) is 4.27. The Hall–Kier alpha value is -0.0300. The van der Waals surface area contributed by atoms with Gasteiger partial charge in [0.25, 0.3) is 0 Å². The van der Waals surface area contributed by atoms with Crippen LogP contribution in [0.2, 0.25) is 15.1 Å². The third-order valence-electron chi connectivity index (χ3n) is 1.99. The van der Waals surface area contributed by atoms with Crippen molar-refractivity contribution in [3.8, 4) is 11.3 Å². The van der Waals surface area contributed by atoms with Gasteiger partial charge in [0.1, 0.15) is 0 Å². The molecule has 0 unspecified atom stereocenters. The highest BCUT2D eigenvalue weighted by atomic mass is 127. The third-order valence-corrected chi connectivity index (χ3v) is 3.42. The van der Waals surface area contributed by atoms with Gasteiger partial charge in [0.15, 0.2) is 0 Å². The summed E-state index contributed by atoms with van der Waals surface area (Å²) in [7, 11) is 0. The van der Waals surface area contributed by atoms with E-state index < -0.39 is 0 Å². The van der Waals surface area contributed by atoms with E-state index in [1.165, 1.54) is 0 Å². The Morgan fingerprint density at radius 3 is 2.38 bits per heavy atom. The number of aromatic nitrogens is 1. The van der Waals surface area contributed by atoms with Crippen molar-refractivity contribution in [1.82, 2.24) is 4.98 Å². The minimum atomic E-state index is 0.545. The molecule has 0 fully saturated rings. The van der Waals surface area contributed by atoms with Crippen molar-refractivity contribution in [1.29, 1.82) is 0 Å². The van der Waals surface area contributed by atoms with Crippen LogP contribution in [0.3, 0.4) is 0 Å². The van der Waals surface area contributed by atoms with Crippen LogP contribution in [0, 0.1) is 3.57 Å². The fourth-order valence-electron chi connectivity index (χ4n) is 1.29. The van der Waals surface area contributed by atoms with Crippen molar-refractivity contribution >= 4 is 57.4 Å². The third kappa shape index (κ3) is 2.62. The lowest BCUT2D eigenvalue weighted by Gasteiger charge is -2.06. The van der Waals surface area contributed by atoms with Gasteiger partial charge in [-0.15, -0.1) is 0 Å². The molecule has 1 nitrogen and oxygen atoms in total. The van der Waals surface area contributed by atoms with E-state index >= 15 is 0 Å². The predicted octanol–water partition coefficient (Wildman–Crippen LogP) is 5.31. The van der Waals surface area contributed by atoms with Gasteiger partial charge in [0.05, 0.1) is 15.7 Å². The molecular formula is C11H5Cl3IN. The summed E-state index contributed by atoms with van der Waals surface area (Å²) >= 11 is 20.2. The molecular weight excluding hydrogens is 379 g/mol. The molecule has 0 spiro atoms. The van der Waals surface area contributed by atoms with Gasteiger partial charge in [0, 0.05) is 20.4 Å². The Bertz CT molecular complexity index is 493. The van der Waals surface area contributed by atoms with Gasteiger partial charge >= 0.3 is 0 Å². The quantitative estimate of drug-likeness (QED) is 0.607. The zero-order valence-corrected chi connectivity index (χ0v) is 12.3. The molecule has 5 heteroatoms. The van der Waals surface area contributed by atoms with Crippen LogP contribution >= 0.6 is 57.4 Å². The van der Waals surface area contributed by atoms with Crippen molar-refractivity contribution in [3.63, 3.8) is 0 Å². The maximum atomic E-state index is 6.12. The highest BCUT2D eigenvalue weighted by molar-refractivity contribution is 14.1. The van der Waals surface area contributed by atoms with Crippen molar-refractivity contribution in [2.45, 2.75) is 0 Å². The molecule has 0 saturated heterocycles. The summed E-state index contributed by atoms with van der Waals surface area (Å²) in [6, 6.07) is 7.09. The summed E-state index contributed by atoms with van der Waals surface area (Å²) in [6.45, 7) is 0. The summed E-state index contributed by atoms with van der Waals surface area (Å²) in [5, 5.41) is 1.72. The van der Waals surface area contributed by atoms with Crippen molar-refractivity contribution in [2.75, 3.05) is 0 Å². The smallest absolute Gasteiger partial charge is 0.0903 e. The standard InChI is InChI=1S/C11H5Cl3IN/c12-6-1-2-8(9(13)3-6)11-10(14)4-7(15)5-16-11/h1-5H. The molecule has 0 bridgehead atoms. The molecule has 16 heavy (non-hydrogen) atoms. The second-order valence-electron chi connectivity index (χ2n) is 3.11. The van der Waals surface area contributed by atoms with E-state index in [0.29, 0.717) is 20.8 Å². The summed E-state index contributed by atoms with van der Waals surface area (Å²) < 4.78 is 0.983. The molecule has 0 amide bonds. The number of pyridine rings is 1. The molecule has 0 aliphatic rings. The maximum Gasteiger partial charge on any atom is 0.0903 e. The Kier molecular flexibility index (Phi) is 3.95. The van der Waals surface area contributed by atoms with Gasteiger partial charge in [-0.3, -0.25) is 4.98 Å². The van der Waals surface area contributed by atoms with Crippen molar-refractivity contribution in [2.24, 2.45) is 0 Å². The summed E-state index contributed by atoms with van der Waals surface area (Å²) in [5.74, 6) is 0. The topological polar surface area (TPSA) is 12.9 Å². The van der Waals surface area contributed by atoms with E-state index in [0.717, 1.165) is 9.13 Å². The molecule has 82 valence electrons. The van der Waals surface area contributed by atoms with Crippen LogP contribution in [-0.2, 0) is 0 Å². The Labute approximate surface area is 122 Å². The Balaban J connectivity index is 2.59. The maximum absolute atomic E-state index is 6.12. The first-order valence-electron chi connectivity index (χ1n) is 4.34. The normalized spacial score (nSPS) is 10.5. The molecule has 1 aromatic carbocycles. The van der Waals surface area contributed by atoms with E-state index in [-0.39, 0.29) is 0 Å². The SMILES string of the molecule is Clc1ccc(-c2ncc(I)cc2Cl)c(Cl)c1. The molecule has 0 atom stereocenters. The van der Waals surface area contributed by atoms with Crippen LogP contribution < -0.4 is 0 Å². The molecule has 2 rings (SSSR count). The zero-order chi connectivity index (χ0) is 11.7. The second kappa shape index (κ2) is 5.08. The highest BCUT2D eigenvalue weighted by Crippen LogP contribution is 2.33. The first kappa shape index (κ1) is 12.4. The van der Waals surface area contributed by atoms with Crippen LogP contribution in [0.5, 0.6) is 0 Å². The molecule has 0 aliphatic carbocycles. The molecule has 0 aliphatic heterocycles. The van der Waals surface area contributed by atoms with E-state index in [4.69, 9.17) is 34.8 Å². The second-order valence-corrected chi connectivity index (χ2v) is 5.60. The molecule has 0 radical (unpaired) electrons. The van der Waals surface area contributed by atoms with Crippen LogP contribution in [0.15, 0.2) is 30.5 Å². The van der Waals surface area contributed by atoms with Crippen LogP contribution in [0.1, 0.15) is 0 Å². The monoisotopic (exact) mass is 383 g/mol. The molecule has 1 heterocycles. The predicted molar refractivity (Wildman–Crippen MR) is 77.4 cm³/mol. The fourth-order valence-corrected chi connectivity index (χ4v) is 2.70. The molecule has 2 aromatic rings. The lowest BCUT2D eigenvalue weighted by Crippen LogP contribution is -1.87. The lowest BCUT2D eigenvalue weighted by atomic mass is 10.1. The fraction of sp³-hybridized carbons (Fsp3) is 0. The zero-order valence-electron chi connectivity index (χ0n) is 7.85. The summed E-state index contributed by atoms with van der Waals surface area (Å²) in [6.07, 6.45) is 1.74. The summed E-state index contributed by atoms with van der Waals surface area (Å²) in [5.41, 5.74) is 1.45. The number of benzene rings is 1. The molecule has 0 saturated carbocycles. The minimum Gasteiger partial charge on any atom is -0.254 e. The van der Waals surface area contributed by atoms with E-state index in [1.54, 1.807) is 18.3 Å². The molecule has 1 aromatic heterocycles. The van der Waals surface area contributed by atoms with Crippen molar-refractivity contribution < 1.29 is 0 Å². The van der Waals surface area contributed by atoms with Gasteiger partial charge in [-0.25, -0.2) is 0 Å². The average Bonchev–Trinajstić information content (AvgIpc) is 2.19. The number of hydrogen-bond donors (Lipinski definition) is 0. The van der Waals surface area contributed by atoms with Gasteiger partial charge in [-0.2, -0.15) is 0 Å². The number of rotatable bonds is 1. The number of halogens is 4. The molecule has 0 N–H and O–H groups in total. The number of hydrogen-bond acceptors (Lipinski definition) is 1. The van der Waals surface area contributed by atoms with Gasteiger partial charge in [-0.05, 0) is 46.9 Å². The minimum absolute atomic E-state index is 0.545. The Morgan fingerprint density at radius 1 is 1.00 bits per heavy atom. The largest absolute Gasteiger partial charge is 0.254 e. The van der Waals surface area contributed by atoms with Crippen LogP contribution in [-0.4, -0.2) is 4.98 Å². The van der Waals surface area contributed by atoms with E-state index in [9.17, 15) is 0 Å². The van der Waals surface area contributed by atoms with Crippen LogP contribution in [0.4, 0.5) is 0 Å². The first-order valence-corrected chi connectivity index (χ1v) is 6.55. The van der Waals surface area contributed by atoms with E-state index in [1.807, 2.05) is 12.1 Å². The van der Waals surface area contributed by atoms with Crippen LogP contribution in [0.25, 0.3) is 11.3 Å². The highest BCUT2D eigenvalue weighted by Gasteiger charge is 2.09. The van der Waals surface area contributed by atoms with Gasteiger partial charge in [-0.1, -0.05) is 34.8 Å². The van der Waals surface area contributed by atoms with E-state index in [2.05, 4.69) is 27.6 Å². The van der Waals surface area contributed by atoms with Gasteiger partial charge < -0.3 is 0 Å². The Morgan fingerprint density at radius 2 is 1.75 bits per heavy atom. The van der Waals surface area contributed by atoms with Gasteiger partial charge in [0.2, 0.25) is 0 Å². The number of nitrogens with zero attached hydrogens (tertiary/aromatic N) is 1. The average molecular weight is 384 g/mol. The lowest BCUT2D eigenvalue weighted by molar-refractivity contribution is 1.31. The van der Waals surface area contributed by atoms with Crippen molar-refractivity contribution in [3.05, 3.63) is 49.1 Å².